The number of rotatable bonds is 3. The van der Waals surface area contributed by atoms with Gasteiger partial charge >= 0.3 is 13.8 Å². The third-order valence-electron chi connectivity index (χ3n) is 0.885. The summed E-state index contributed by atoms with van der Waals surface area (Å²) in [6, 6.07) is 0. The fourth-order valence-electron chi connectivity index (χ4n) is 0.472. The summed E-state index contributed by atoms with van der Waals surface area (Å²) < 4.78 is 18.3. The summed E-state index contributed by atoms with van der Waals surface area (Å²) >= 11 is 0. The highest BCUT2D eigenvalue weighted by molar-refractivity contribution is 7.46. The van der Waals surface area contributed by atoms with Gasteiger partial charge in [0.15, 0.2) is 5.76 Å². The Morgan fingerprint density at radius 1 is 1.50 bits per heavy atom. The van der Waals surface area contributed by atoms with Crippen molar-refractivity contribution < 1.29 is 28.4 Å². The number of hydrogen-bond acceptors (Lipinski definition) is 4. The van der Waals surface area contributed by atoms with Gasteiger partial charge in [0.1, 0.15) is 0 Å². The summed E-state index contributed by atoms with van der Waals surface area (Å²) in [5.74, 6) is -1.44. The van der Waals surface area contributed by atoms with E-state index in [1.165, 1.54) is 20.1 Å². The molecule has 0 aromatic heterocycles. The van der Waals surface area contributed by atoms with Crippen LogP contribution in [0.4, 0.5) is 0 Å². The van der Waals surface area contributed by atoms with Crippen molar-refractivity contribution in [2.24, 2.45) is 0 Å². The standard InChI is InChI=1S/C5H9O6P/c1-3-4(10-2)5(6)11-12(7,8)9/h3H,1-2H3,(H2,7,8,9). The number of carbonyl (C=O) groups excluding carboxylic acids is 1. The van der Waals surface area contributed by atoms with Crippen LogP contribution >= 0.6 is 7.82 Å². The Labute approximate surface area is 69.0 Å². The molecule has 0 fully saturated rings. The maximum absolute atomic E-state index is 10.7. The van der Waals surface area contributed by atoms with Gasteiger partial charge in [-0.05, 0) is 13.0 Å². The van der Waals surface area contributed by atoms with Gasteiger partial charge in [0.05, 0.1) is 7.11 Å². The molecule has 7 heteroatoms. The van der Waals surface area contributed by atoms with Crippen molar-refractivity contribution in [3.63, 3.8) is 0 Å². The molecule has 0 unspecified atom stereocenters. The quantitative estimate of drug-likeness (QED) is 0.379. The monoisotopic (exact) mass is 196 g/mol. The summed E-state index contributed by atoms with van der Waals surface area (Å²) in [4.78, 5) is 27.1. The highest BCUT2D eigenvalue weighted by atomic mass is 31.2. The summed E-state index contributed by atoms with van der Waals surface area (Å²) in [5, 5.41) is 0. The van der Waals surface area contributed by atoms with Crippen LogP contribution in [0, 0.1) is 0 Å². The van der Waals surface area contributed by atoms with Gasteiger partial charge in [0, 0.05) is 0 Å². The van der Waals surface area contributed by atoms with E-state index in [1.54, 1.807) is 0 Å². The van der Waals surface area contributed by atoms with Gasteiger partial charge in [-0.1, -0.05) is 0 Å². The first-order valence-electron chi connectivity index (χ1n) is 2.90. The van der Waals surface area contributed by atoms with Crippen LogP contribution < -0.4 is 0 Å². The predicted molar refractivity (Wildman–Crippen MR) is 38.9 cm³/mol. The summed E-state index contributed by atoms with van der Waals surface area (Å²) in [6.45, 7) is 1.47. The minimum Gasteiger partial charge on any atom is -0.490 e. The van der Waals surface area contributed by atoms with Crippen LogP contribution in [0.5, 0.6) is 0 Å². The van der Waals surface area contributed by atoms with Crippen LogP contribution in [0.3, 0.4) is 0 Å². The fourth-order valence-corrected chi connectivity index (χ4v) is 0.778. The molecule has 0 aliphatic rings. The first kappa shape index (κ1) is 11.2. The maximum atomic E-state index is 10.7. The van der Waals surface area contributed by atoms with Crippen molar-refractivity contribution in [3.05, 3.63) is 11.8 Å². The van der Waals surface area contributed by atoms with E-state index in [4.69, 9.17) is 9.79 Å². The normalized spacial score (nSPS) is 12.5. The second-order valence-electron chi connectivity index (χ2n) is 1.73. The number of hydrogen-bond donors (Lipinski definition) is 2. The minimum absolute atomic E-state index is 0.252. The van der Waals surface area contributed by atoms with E-state index < -0.39 is 13.8 Å². The van der Waals surface area contributed by atoms with Gasteiger partial charge in [-0.2, -0.15) is 0 Å². The van der Waals surface area contributed by atoms with E-state index in [-0.39, 0.29) is 5.76 Å². The molecule has 6 nitrogen and oxygen atoms in total. The number of phosphoric ester groups is 1. The minimum atomic E-state index is -4.77. The lowest BCUT2D eigenvalue weighted by molar-refractivity contribution is -0.134. The summed E-state index contributed by atoms with van der Waals surface area (Å²) in [7, 11) is -3.58. The van der Waals surface area contributed by atoms with E-state index in [0.717, 1.165) is 0 Å². The lowest BCUT2D eigenvalue weighted by Crippen LogP contribution is -2.07. The summed E-state index contributed by atoms with van der Waals surface area (Å²) in [5.41, 5.74) is 0. The van der Waals surface area contributed by atoms with Gasteiger partial charge in [-0.15, -0.1) is 0 Å². The smallest absolute Gasteiger partial charge is 0.490 e. The summed E-state index contributed by atoms with van der Waals surface area (Å²) in [6.07, 6.45) is 1.23. The molecule has 0 aromatic carbocycles. The lowest BCUT2D eigenvalue weighted by Gasteiger charge is -2.06. The molecule has 0 saturated heterocycles. The third kappa shape index (κ3) is 4.12. The SMILES string of the molecule is CC=C(OC)C(=O)OP(=O)(O)O. The van der Waals surface area contributed by atoms with Crippen molar-refractivity contribution in [2.75, 3.05) is 7.11 Å². The Kier molecular flexibility index (Phi) is 3.95. The molecule has 0 rings (SSSR count). The average molecular weight is 196 g/mol. The third-order valence-corrected chi connectivity index (χ3v) is 1.29. The van der Waals surface area contributed by atoms with Gasteiger partial charge in [0.2, 0.25) is 0 Å². The lowest BCUT2D eigenvalue weighted by atomic mass is 10.5. The maximum Gasteiger partial charge on any atom is 0.527 e. The molecule has 70 valence electrons. The van der Waals surface area contributed by atoms with E-state index >= 15 is 0 Å². The number of carbonyl (C=O) groups is 1. The zero-order valence-electron chi connectivity index (χ0n) is 6.55. The number of phosphoric acid groups is 1. The van der Waals surface area contributed by atoms with Crippen molar-refractivity contribution in [3.8, 4) is 0 Å². The van der Waals surface area contributed by atoms with Crippen molar-refractivity contribution >= 4 is 13.8 Å². The zero-order valence-corrected chi connectivity index (χ0v) is 7.45. The van der Waals surface area contributed by atoms with Crippen LogP contribution in [-0.4, -0.2) is 22.9 Å². The molecule has 0 atom stereocenters. The zero-order chi connectivity index (χ0) is 9.78. The molecule has 0 aromatic rings. The Morgan fingerprint density at radius 2 is 2.00 bits per heavy atom. The highest BCUT2D eigenvalue weighted by Crippen LogP contribution is 2.36. The Bertz CT molecular complexity index is 238. The molecule has 0 bridgehead atoms. The van der Waals surface area contributed by atoms with Crippen LogP contribution in [0.1, 0.15) is 6.92 Å². The Hall–Kier alpha value is -0.840. The Morgan fingerprint density at radius 3 is 2.25 bits per heavy atom. The van der Waals surface area contributed by atoms with Gasteiger partial charge in [-0.3, -0.25) is 9.79 Å². The van der Waals surface area contributed by atoms with Crippen molar-refractivity contribution in [1.29, 1.82) is 0 Å². The molecular formula is C5H9O6P. The van der Waals surface area contributed by atoms with Crippen LogP contribution in [0.25, 0.3) is 0 Å². The predicted octanol–water partition coefficient (Wildman–Crippen LogP) is 0.172. The van der Waals surface area contributed by atoms with Gasteiger partial charge in [0.25, 0.3) is 0 Å². The molecule has 12 heavy (non-hydrogen) atoms. The van der Waals surface area contributed by atoms with Crippen LogP contribution in [-0.2, 0) is 18.6 Å². The van der Waals surface area contributed by atoms with Crippen molar-refractivity contribution in [1.82, 2.24) is 0 Å². The van der Waals surface area contributed by atoms with E-state index in [2.05, 4.69) is 9.26 Å². The molecule has 0 heterocycles. The van der Waals surface area contributed by atoms with Gasteiger partial charge < -0.3 is 9.26 Å². The number of ether oxygens (including phenoxy) is 1. The van der Waals surface area contributed by atoms with E-state index in [0.29, 0.717) is 0 Å². The first-order valence-corrected chi connectivity index (χ1v) is 4.43. The topological polar surface area (TPSA) is 93.1 Å². The highest BCUT2D eigenvalue weighted by Gasteiger charge is 2.23. The molecular weight excluding hydrogens is 187 g/mol. The molecule has 2 N–H and O–H groups in total. The van der Waals surface area contributed by atoms with E-state index in [1.807, 2.05) is 0 Å². The number of allylic oxidation sites excluding steroid dienone is 1. The number of methoxy groups -OCH3 is 1. The molecule has 0 amide bonds. The molecule has 0 radical (unpaired) electrons. The molecule has 0 spiro atoms. The first-order chi connectivity index (χ1) is 5.40. The Balaban J connectivity index is 4.33. The van der Waals surface area contributed by atoms with Crippen LogP contribution in [0.2, 0.25) is 0 Å². The average Bonchev–Trinajstić information content (AvgIpc) is 1.85. The second kappa shape index (κ2) is 4.25. The largest absolute Gasteiger partial charge is 0.527 e. The fraction of sp³-hybridized carbons (Fsp3) is 0.400. The second-order valence-corrected chi connectivity index (χ2v) is 2.89. The molecule has 0 aliphatic heterocycles. The molecule has 0 aliphatic carbocycles. The van der Waals surface area contributed by atoms with Crippen LogP contribution in [0.15, 0.2) is 11.8 Å². The van der Waals surface area contributed by atoms with Crippen molar-refractivity contribution in [2.45, 2.75) is 6.92 Å². The van der Waals surface area contributed by atoms with E-state index in [9.17, 15) is 9.36 Å². The van der Waals surface area contributed by atoms with Gasteiger partial charge in [-0.25, -0.2) is 9.36 Å². The molecule has 0 saturated carbocycles.